The molecule has 0 radical (unpaired) electrons. The van der Waals surface area contributed by atoms with Crippen molar-refractivity contribution in [2.24, 2.45) is 0 Å². The van der Waals surface area contributed by atoms with Crippen molar-refractivity contribution in [3.8, 4) is 11.1 Å². The number of halogens is 5. The van der Waals surface area contributed by atoms with E-state index in [4.69, 9.17) is 11.6 Å². The predicted molar refractivity (Wildman–Crippen MR) is 120 cm³/mol. The summed E-state index contributed by atoms with van der Waals surface area (Å²) in [5, 5.41) is 0.879. The number of pyridine rings is 1. The lowest BCUT2D eigenvalue weighted by molar-refractivity contribution is -0.137. The molecule has 0 fully saturated rings. The Morgan fingerprint density at radius 2 is 1.70 bits per heavy atom. The Balaban J connectivity index is 1.90. The van der Waals surface area contributed by atoms with Crippen molar-refractivity contribution in [2.75, 3.05) is 0 Å². The summed E-state index contributed by atoms with van der Waals surface area (Å²) in [6.07, 6.45) is -3.03. The van der Waals surface area contributed by atoms with Gasteiger partial charge in [0.25, 0.3) is 5.56 Å². The van der Waals surface area contributed by atoms with Crippen LogP contribution in [0.25, 0.3) is 28.1 Å². The van der Waals surface area contributed by atoms with Crippen molar-refractivity contribution in [1.82, 2.24) is 4.98 Å². The number of carbonyl (C=O) groups excluding carboxylic acids is 1. The van der Waals surface area contributed by atoms with Crippen LogP contribution in [0.1, 0.15) is 21.5 Å². The molecule has 0 atom stereocenters. The molecule has 0 aliphatic rings. The number of carbonyl (C=O) groups is 1. The van der Waals surface area contributed by atoms with Crippen molar-refractivity contribution < 1.29 is 22.4 Å². The van der Waals surface area contributed by atoms with E-state index in [2.05, 4.69) is 4.98 Å². The minimum absolute atomic E-state index is 0.247. The molecule has 0 bridgehead atoms. The second-order valence-corrected chi connectivity index (χ2v) is 7.62. The third kappa shape index (κ3) is 4.59. The van der Waals surface area contributed by atoms with Gasteiger partial charge in [0.05, 0.1) is 11.1 Å². The third-order valence-electron chi connectivity index (χ3n) is 5.02. The smallest absolute Gasteiger partial charge is 0.321 e. The molecule has 0 unspecified atom stereocenters. The number of aromatic nitrogens is 1. The van der Waals surface area contributed by atoms with Crippen molar-refractivity contribution in [2.45, 2.75) is 6.18 Å². The van der Waals surface area contributed by atoms with Crippen LogP contribution in [0.4, 0.5) is 17.6 Å². The minimum Gasteiger partial charge on any atom is -0.321 e. The molecule has 0 saturated carbocycles. The van der Waals surface area contributed by atoms with E-state index in [1.807, 2.05) is 0 Å². The fourth-order valence-corrected chi connectivity index (χ4v) is 3.75. The molecular formula is C25H14ClF4NO2. The normalized spacial score (nSPS) is 11.9. The van der Waals surface area contributed by atoms with E-state index >= 15 is 0 Å². The number of hydrogen-bond donors (Lipinski definition) is 1. The highest BCUT2D eigenvalue weighted by atomic mass is 35.5. The molecule has 0 aliphatic carbocycles. The SMILES string of the molecule is O=C(/C=C/c1ccc(F)cc1C(F)(F)F)c1c(-c2ccccc2)c2cc(Cl)ccc2[nH]c1=O. The summed E-state index contributed by atoms with van der Waals surface area (Å²) in [7, 11) is 0. The zero-order valence-electron chi connectivity index (χ0n) is 16.7. The molecule has 1 N–H and O–H groups in total. The van der Waals surface area contributed by atoms with Crippen LogP contribution in [-0.2, 0) is 6.18 Å². The van der Waals surface area contributed by atoms with Gasteiger partial charge in [-0.1, -0.05) is 54.1 Å². The monoisotopic (exact) mass is 471 g/mol. The Morgan fingerprint density at radius 3 is 2.39 bits per heavy atom. The Morgan fingerprint density at radius 1 is 0.970 bits per heavy atom. The second kappa shape index (κ2) is 8.67. The number of allylic oxidation sites excluding steroid dienone is 1. The van der Waals surface area contributed by atoms with E-state index in [1.165, 1.54) is 0 Å². The lowest BCUT2D eigenvalue weighted by Gasteiger charge is -2.12. The summed E-state index contributed by atoms with van der Waals surface area (Å²) in [6.45, 7) is 0. The van der Waals surface area contributed by atoms with Gasteiger partial charge >= 0.3 is 6.18 Å². The number of aromatic amines is 1. The van der Waals surface area contributed by atoms with Crippen LogP contribution in [-0.4, -0.2) is 10.8 Å². The molecule has 0 amide bonds. The zero-order chi connectivity index (χ0) is 23.8. The van der Waals surface area contributed by atoms with E-state index in [0.29, 0.717) is 33.1 Å². The quantitative estimate of drug-likeness (QED) is 0.200. The molecule has 1 aromatic heterocycles. The average Bonchev–Trinajstić information content (AvgIpc) is 2.77. The Bertz CT molecular complexity index is 1460. The molecule has 1 heterocycles. The minimum atomic E-state index is -4.82. The molecule has 0 spiro atoms. The fourth-order valence-electron chi connectivity index (χ4n) is 3.57. The first-order valence-electron chi connectivity index (χ1n) is 9.65. The number of nitrogens with one attached hydrogen (secondary N) is 1. The van der Waals surface area contributed by atoms with Crippen LogP contribution < -0.4 is 5.56 Å². The number of fused-ring (bicyclic) bond motifs is 1. The summed E-state index contributed by atoms with van der Waals surface area (Å²) in [5.41, 5.74) is -1.27. The van der Waals surface area contributed by atoms with Crippen molar-refractivity contribution in [1.29, 1.82) is 0 Å². The van der Waals surface area contributed by atoms with Gasteiger partial charge in [-0.2, -0.15) is 13.2 Å². The first-order valence-corrected chi connectivity index (χ1v) is 10.0. The van der Waals surface area contributed by atoms with Crippen molar-refractivity contribution in [3.05, 3.63) is 111 Å². The van der Waals surface area contributed by atoms with Gasteiger partial charge in [0, 0.05) is 21.5 Å². The summed E-state index contributed by atoms with van der Waals surface area (Å²) >= 11 is 6.14. The number of hydrogen-bond acceptors (Lipinski definition) is 2. The van der Waals surface area contributed by atoms with Crippen LogP contribution in [0, 0.1) is 5.82 Å². The number of benzene rings is 3. The van der Waals surface area contributed by atoms with Gasteiger partial charge in [0.15, 0.2) is 5.78 Å². The maximum absolute atomic E-state index is 13.4. The van der Waals surface area contributed by atoms with Gasteiger partial charge in [-0.25, -0.2) is 4.39 Å². The Kier molecular flexibility index (Phi) is 5.91. The lowest BCUT2D eigenvalue weighted by Crippen LogP contribution is -2.18. The van der Waals surface area contributed by atoms with Gasteiger partial charge in [-0.05, 0) is 47.5 Å². The highest BCUT2D eigenvalue weighted by molar-refractivity contribution is 6.31. The topological polar surface area (TPSA) is 49.9 Å². The largest absolute Gasteiger partial charge is 0.417 e. The maximum atomic E-state index is 13.4. The first-order chi connectivity index (χ1) is 15.6. The molecule has 33 heavy (non-hydrogen) atoms. The number of ketones is 1. The Labute approximate surface area is 190 Å². The van der Waals surface area contributed by atoms with Crippen LogP contribution in [0.5, 0.6) is 0 Å². The molecule has 3 nitrogen and oxygen atoms in total. The van der Waals surface area contributed by atoms with Gasteiger partial charge in [0.2, 0.25) is 0 Å². The Hall–Kier alpha value is -3.71. The highest BCUT2D eigenvalue weighted by Crippen LogP contribution is 2.34. The van der Waals surface area contributed by atoms with Gasteiger partial charge in [-0.3, -0.25) is 9.59 Å². The second-order valence-electron chi connectivity index (χ2n) is 7.19. The maximum Gasteiger partial charge on any atom is 0.417 e. The number of rotatable bonds is 4. The molecule has 0 saturated heterocycles. The van der Waals surface area contributed by atoms with E-state index in [-0.39, 0.29) is 5.56 Å². The van der Waals surface area contributed by atoms with Crippen LogP contribution in [0.15, 0.2) is 77.6 Å². The third-order valence-corrected chi connectivity index (χ3v) is 5.26. The average molecular weight is 472 g/mol. The van der Waals surface area contributed by atoms with E-state index < -0.39 is 34.5 Å². The molecule has 4 rings (SSSR count). The van der Waals surface area contributed by atoms with E-state index in [9.17, 15) is 27.2 Å². The molecule has 0 aliphatic heterocycles. The number of H-pyrrole nitrogens is 1. The number of alkyl halides is 3. The standard InChI is InChI=1S/C25H14ClF4NO2/c26-16-8-10-20-18(12-16)22(15-4-2-1-3-5-15)23(24(33)31-20)21(32)11-7-14-6-9-17(27)13-19(14)25(28,29)30/h1-13H,(H,31,33)/b11-7+. The summed E-state index contributed by atoms with van der Waals surface area (Å²) < 4.78 is 53.2. The summed E-state index contributed by atoms with van der Waals surface area (Å²) in [6, 6.07) is 15.5. The molecular weight excluding hydrogens is 458 g/mol. The van der Waals surface area contributed by atoms with Crippen LogP contribution in [0.3, 0.4) is 0 Å². The first kappa shape index (κ1) is 22.5. The lowest BCUT2D eigenvalue weighted by atomic mass is 9.93. The summed E-state index contributed by atoms with van der Waals surface area (Å²) in [4.78, 5) is 28.6. The highest BCUT2D eigenvalue weighted by Gasteiger charge is 2.33. The van der Waals surface area contributed by atoms with E-state index in [1.54, 1.807) is 48.5 Å². The van der Waals surface area contributed by atoms with Gasteiger partial charge in [-0.15, -0.1) is 0 Å². The molecule has 3 aromatic carbocycles. The zero-order valence-corrected chi connectivity index (χ0v) is 17.5. The van der Waals surface area contributed by atoms with Crippen molar-refractivity contribution >= 4 is 34.4 Å². The summed E-state index contributed by atoms with van der Waals surface area (Å²) in [5.74, 6) is -1.87. The molecule has 8 heteroatoms. The van der Waals surface area contributed by atoms with E-state index in [0.717, 1.165) is 24.3 Å². The molecule has 166 valence electrons. The van der Waals surface area contributed by atoms with Crippen molar-refractivity contribution in [3.63, 3.8) is 0 Å². The van der Waals surface area contributed by atoms with Crippen LogP contribution >= 0.6 is 11.6 Å². The van der Waals surface area contributed by atoms with Gasteiger partial charge < -0.3 is 4.98 Å². The predicted octanol–water partition coefficient (Wildman–Crippen LogP) is 6.90. The molecule has 4 aromatic rings. The van der Waals surface area contributed by atoms with Gasteiger partial charge in [0.1, 0.15) is 5.82 Å². The fraction of sp³-hybridized carbons (Fsp3) is 0.0400. The van der Waals surface area contributed by atoms with Crippen LogP contribution in [0.2, 0.25) is 5.02 Å².